The van der Waals surface area contributed by atoms with E-state index in [9.17, 15) is 14.9 Å². The molecule has 27 heavy (non-hydrogen) atoms. The summed E-state index contributed by atoms with van der Waals surface area (Å²) in [6, 6.07) is 16.0. The van der Waals surface area contributed by atoms with Crippen LogP contribution in [0.5, 0.6) is 0 Å². The van der Waals surface area contributed by atoms with Crippen molar-refractivity contribution in [2.24, 2.45) is 0 Å². The molecule has 0 unspecified atom stereocenters. The smallest absolute Gasteiger partial charge is 0.270 e. The number of non-ortho nitro benzene ring substituents is 1. The van der Waals surface area contributed by atoms with Crippen molar-refractivity contribution in [2.45, 2.75) is 0 Å². The first-order chi connectivity index (χ1) is 13.1. The summed E-state index contributed by atoms with van der Waals surface area (Å²) >= 11 is 0. The van der Waals surface area contributed by atoms with E-state index in [0.29, 0.717) is 22.8 Å². The first-order valence-corrected chi connectivity index (χ1v) is 7.98. The van der Waals surface area contributed by atoms with Crippen molar-refractivity contribution in [1.29, 1.82) is 0 Å². The molecule has 2 heterocycles. The predicted molar refractivity (Wildman–Crippen MR) is 98.3 cm³/mol. The lowest BCUT2D eigenvalue weighted by Crippen LogP contribution is -2.11. The number of rotatable bonds is 4. The molecular formula is C19H12N4O4. The van der Waals surface area contributed by atoms with Gasteiger partial charge in [-0.05, 0) is 42.5 Å². The molecule has 132 valence electrons. The fourth-order valence-corrected chi connectivity index (χ4v) is 2.55. The predicted octanol–water partition coefficient (Wildman–Crippen LogP) is 4.05. The zero-order chi connectivity index (χ0) is 18.8. The van der Waals surface area contributed by atoms with Gasteiger partial charge in [0.2, 0.25) is 5.89 Å². The number of benzene rings is 2. The summed E-state index contributed by atoms with van der Waals surface area (Å²) < 4.78 is 5.66. The van der Waals surface area contributed by atoms with Gasteiger partial charge in [-0.1, -0.05) is 6.07 Å². The van der Waals surface area contributed by atoms with E-state index in [0.717, 1.165) is 5.56 Å². The summed E-state index contributed by atoms with van der Waals surface area (Å²) in [5.41, 5.74) is 2.47. The van der Waals surface area contributed by atoms with Crippen molar-refractivity contribution in [3.8, 4) is 11.5 Å². The number of fused-ring (bicyclic) bond motifs is 1. The summed E-state index contributed by atoms with van der Waals surface area (Å²) in [6.07, 6.45) is 1.64. The van der Waals surface area contributed by atoms with Gasteiger partial charge in [0.05, 0.1) is 4.92 Å². The van der Waals surface area contributed by atoms with Gasteiger partial charge in [0.25, 0.3) is 11.6 Å². The monoisotopic (exact) mass is 360 g/mol. The zero-order valence-corrected chi connectivity index (χ0v) is 13.8. The number of oxazole rings is 1. The van der Waals surface area contributed by atoms with Crippen LogP contribution in [0.4, 0.5) is 11.4 Å². The van der Waals surface area contributed by atoms with E-state index < -0.39 is 10.8 Å². The average Bonchev–Trinajstić information content (AvgIpc) is 3.13. The number of nitrogens with zero attached hydrogens (tertiary/aromatic N) is 3. The Morgan fingerprint density at radius 2 is 1.89 bits per heavy atom. The largest absolute Gasteiger partial charge is 0.434 e. The van der Waals surface area contributed by atoms with Gasteiger partial charge in [-0.25, -0.2) is 4.98 Å². The second kappa shape index (κ2) is 6.68. The van der Waals surface area contributed by atoms with Crippen molar-refractivity contribution in [3.63, 3.8) is 0 Å². The Balaban J connectivity index is 1.53. The minimum absolute atomic E-state index is 0.137. The van der Waals surface area contributed by atoms with E-state index in [1.165, 1.54) is 24.3 Å². The maximum atomic E-state index is 12.3. The third-order valence-corrected chi connectivity index (χ3v) is 3.87. The molecule has 2 aromatic heterocycles. The lowest BCUT2D eigenvalue weighted by atomic mass is 10.1. The van der Waals surface area contributed by atoms with Crippen LogP contribution in [-0.4, -0.2) is 20.8 Å². The lowest BCUT2D eigenvalue weighted by molar-refractivity contribution is -0.384. The highest BCUT2D eigenvalue weighted by Crippen LogP contribution is 2.24. The molecule has 0 spiro atoms. The van der Waals surface area contributed by atoms with Gasteiger partial charge in [-0.3, -0.25) is 14.9 Å². The van der Waals surface area contributed by atoms with Crippen LogP contribution in [0.2, 0.25) is 0 Å². The molecule has 0 radical (unpaired) electrons. The minimum atomic E-state index is -0.541. The number of nitro benzene ring substituents is 1. The van der Waals surface area contributed by atoms with Crippen LogP contribution in [0, 0.1) is 10.1 Å². The van der Waals surface area contributed by atoms with Crippen LogP contribution in [0.15, 0.2) is 71.3 Å². The molecule has 0 atom stereocenters. The van der Waals surface area contributed by atoms with E-state index in [1.54, 1.807) is 42.6 Å². The number of carbonyl (C=O) groups is 1. The third-order valence-electron chi connectivity index (χ3n) is 3.87. The summed E-state index contributed by atoms with van der Waals surface area (Å²) in [7, 11) is 0. The van der Waals surface area contributed by atoms with E-state index in [-0.39, 0.29) is 11.3 Å². The van der Waals surface area contributed by atoms with Crippen LogP contribution < -0.4 is 5.32 Å². The van der Waals surface area contributed by atoms with Gasteiger partial charge in [-0.2, -0.15) is 4.98 Å². The second-order valence-electron chi connectivity index (χ2n) is 5.68. The van der Waals surface area contributed by atoms with Crippen molar-refractivity contribution < 1.29 is 14.1 Å². The van der Waals surface area contributed by atoms with Gasteiger partial charge in [0.15, 0.2) is 11.2 Å². The van der Waals surface area contributed by atoms with Crippen molar-refractivity contribution >= 4 is 28.5 Å². The fourth-order valence-electron chi connectivity index (χ4n) is 2.55. The van der Waals surface area contributed by atoms with Crippen LogP contribution in [-0.2, 0) is 0 Å². The zero-order valence-electron chi connectivity index (χ0n) is 13.8. The molecule has 0 fully saturated rings. The molecule has 0 aliphatic heterocycles. The maximum Gasteiger partial charge on any atom is 0.270 e. The molecule has 0 saturated carbocycles. The first-order valence-electron chi connectivity index (χ1n) is 7.98. The Hall–Kier alpha value is -4.07. The van der Waals surface area contributed by atoms with Gasteiger partial charge >= 0.3 is 0 Å². The summed E-state index contributed by atoms with van der Waals surface area (Å²) in [5, 5.41) is 13.5. The van der Waals surface area contributed by atoms with Crippen LogP contribution >= 0.6 is 0 Å². The van der Waals surface area contributed by atoms with Crippen LogP contribution in [0.3, 0.4) is 0 Å². The molecule has 0 aliphatic carbocycles. The van der Waals surface area contributed by atoms with Gasteiger partial charge in [0, 0.05) is 35.1 Å². The molecular weight excluding hydrogens is 348 g/mol. The molecule has 1 N–H and O–H groups in total. The van der Waals surface area contributed by atoms with Crippen molar-refractivity contribution in [2.75, 3.05) is 5.32 Å². The number of pyridine rings is 1. The Kier molecular flexibility index (Phi) is 4.06. The molecule has 8 heteroatoms. The van der Waals surface area contributed by atoms with Gasteiger partial charge in [0.1, 0.15) is 0 Å². The third kappa shape index (κ3) is 3.36. The molecule has 1 amide bonds. The normalized spacial score (nSPS) is 10.7. The lowest BCUT2D eigenvalue weighted by Gasteiger charge is -2.05. The Morgan fingerprint density at radius 3 is 2.63 bits per heavy atom. The minimum Gasteiger partial charge on any atom is -0.434 e. The molecule has 0 saturated heterocycles. The van der Waals surface area contributed by atoms with Crippen LogP contribution in [0.1, 0.15) is 10.4 Å². The molecule has 4 rings (SSSR count). The van der Waals surface area contributed by atoms with E-state index >= 15 is 0 Å². The number of hydrogen-bond donors (Lipinski definition) is 1. The molecule has 0 bridgehead atoms. The summed E-state index contributed by atoms with van der Waals surface area (Å²) in [4.78, 5) is 31.0. The number of carbonyl (C=O) groups excluding carboxylic acids is 1. The first kappa shape index (κ1) is 16.4. The number of nitrogens with one attached hydrogen (secondary N) is 1. The number of hydrogen-bond acceptors (Lipinski definition) is 6. The molecule has 8 nitrogen and oxygen atoms in total. The van der Waals surface area contributed by atoms with Crippen LogP contribution in [0.25, 0.3) is 22.7 Å². The number of anilines is 1. The molecule has 4 aromatic rings. The Labute approximate surface area is 152 Å². The standard InChI is InChI=1S/C19H12N4O4/c24-18(13-3-1-4-15(11-13)23(25)26)21-14-8-6-12(7-9-14)19-22-17-16(27-19)5-2-10-20-17/h1-11H,(H,21,24). The SMILES string of the molecule is O=C(Nc1ccc(-c2nc3ncccc3o2)cc1)c1cccc([N+](=O)[O-])c1. The van der Waals surface area contributed by atoms with Crippen molar-refractivity contribution in [3.05, 3.63) is 82.5 Å². The average molecular weight is 360 g/mol. The Morgan fingerprint density at radius 1 is 1.07 bits per heavy atom. The number of aromatic nitrogens is 2. The summed E-state index contributed by atoms with van der Waals surface area (Å²) in [5.74, 6) is -0.00206. The van der Waals surface area contributed by atoms with E-state index in [2.05, 4.69) is 15.3 Å². The second-order valence-corrected chi connectivity index (χ2v) is 5.68. The summed E-state index contributed by atoms with van der Waals surface area (Å²) in [6.45, 7) is 0. The quantitative estimate of drug-likeness (QED) is 0.434. The molecule has 0 aliphatic rings. The number of nitro groups is 1. The highest BCUT2D eigenvalue weighted by Gasteiger charge is 2.12. The van der Waals surface area contributed by atoms with Crippen molar-refractivity contribution in [1.82, 2.24) is 9.97 Å². The fraction of sp³-hybridized carbons (Fsp3) is 0. The number of amides is 1. The highest BCUT2D eigenvalue weighted by atomic mass is 16.6. The topological polar surface area (TPSA) is 111 Å². The Bertz CT molecular complexity index is 1120. The van der Waals surface area contributed by atoms with E-state index in [1.807, 2.05) is 0 Å². The van der Waals surface area contributed by atoms with Gasteiger partial charge < -0.3 is 9.73 Å². The maximum absolute atomic E-state index is 12.3. The van der Waals surface area contributed by atoms with E-state index in [4.69, 9.17) is 4.42 Å². The van der Waals surface area contributed by atoms with Gasteiger partial charge in [-0.15, -0.1) is 0 Å². The molecule has 2 aromatic carbocycles. The highest BCUT2D eigenvalue weighted by molar-refractivity contribution is 6.04.